The van der Waals surface area contributed by atoms with E-state index in [1.54, 1.807) is 12.1 Å². The lowest BCUT2D eigenvalue weighted by atomic mass is 10.1. The Kier molecular flexibility index (Phi) is 7.32. The number of aliphatic hydroxyl groups excluding tert-OH is 1. The van der Waals surface area contributed by atoms with Gasteiger partial charge < -0.3 is 14.6 Å². The zero-order chi connectivity index (χ0) is 18.2. The molecule has 4 nitrogen and oxygen atoms in total. The molecule has 1 heterocycles. The van der Waals surface area contributed by atoms with Crippen LogP contribution in [0.1, 0.15) is 18.4 Å². The molecule has 0 amide bonds. The van der Waals surface area contributed by atoms with Gasteiger partial charge in [-0.1, -0.05) is 41.9 Å². The van der Waals surface area contributed by atoms with Crippen LogP contribution < -0.4 is 4.74 Å². The quantitative estimate of drug-likeness (QED) is 0.724. The number of rotatable bonds is 9. The molecule has 0 saturated carbocycles. The molecule has 0 spiro atoms. The molecule has 5 heteroatoms. The first-order chi connectivity index (χ1) is 12.7. The smallest absolute Gasteiger partial charge is 0.119 e. The van der Waals surface area contributed by atoms with Gasteiger partial charge in [0.25, 0.3) is 0 Å². The van der Waals surface area contributed by atoms with Gasteiger partial charge in [-0.25, -0.2) is 0 Å². The fraction of sp³-hybridized carbons (Fsp3) is 0.429. The van der Waals surface area contributed by atoms with E-state index in [4.69, 9.17) is 21.1 Å². The van der Waals surface area contributed by atoms with E-state index >= 15 is 0 Å². The molecule has 1 aliphatic heterocycles. The Morgan fingerprint density at radius 3 is 2.62 bits per heavy atom. The van der Waals surface area contributed by atoms with E-state index in [2.05, 4.69) is 17.0 Å². The van der Waals surface area contributed by atoms with Crippen molar-refractivity contribution in [3.8, 4) is 5.75 Å². The highest BCUT2D eigenvalue weighted by Gasteiger charge is 2.21. The highest BCUT2D eigenvalue weighted by atomic mass is 35.5. The normalized spacial score (nSPS) is 18.2. The fourth-order valence-electron chi connectivity index (χ4n) is 3.20. The van der Waals surface area contributed by atoms with Crippen molar-refractivity contribution >= 4 is 11.6 Å². The SMILES string of the molecule is O[C@H](COc1ccc(Cl)cc1)CN(Cc1ccccc1)C[C@H]1CCCO1. The third-order valence-corrected chi connectivity index (χ3v) is 4.71. The molecular weight excluding hydrogens is 350 g/mol. The van der Waals surface area contributed by atoms with Crippen molar-refractivity contribution in [3.05, 3.63) is 65.2 Å². The molecule has 26 heavy (non-hydrogen) atoms. The Hall–Kier alpha value is -1.59. The number of hydrogen-bond donors (Lipinski definition) is 1. The number of ether oxygens (including phenoxy) is 2. The Balaban J connectivity index is 1.53. The Morgan fingerprint density at radius 2 is 1.92 bits per heavy atom. The summed E-state index contributed by atoms with van der Waals surface area (Å²) in [5.74, 6) is 0.710. The summed E-state index contributed by atoms with van der Waals surface area (Å²) in [4.78, 5) is 2.25. The van der Waals surface area contributed by atoms with E-state index in [0.29, 0.717) is 17.3 Å². The molecule has 0 aromatic heterocycles. The first-order valence-electron chi connectivity index (χ1n) is 9.13. The molecule has 0 radical (unpaired) electrons. The van der Waals surface area contributed by atoms with Gasteiger partial charge in [-0.05, 0) is 42.7 Å². The van der Waals surface area contributed by atoms with Crippen molar-refractivity contribution in [2.75, 3.05) is 26.3 Å². The first kappa shape index (κ1) is 19.2. The zero-order valence-electron chi connectivity index (χ0n) is 14.9. The van der Waals surface area contributed by atoms with Crippen molar-refractivity contribution in [2.45, 2.75) is 31.6 Å². The Morgan fingerprint density at radius 1 is 1.15 bits per heavy atom. The minimum absolute atomic E-state index is 0.248. The van der Waals surface area contributed by atoms with Gasteiger partial charge in [-0.2, -0.15) is 0 Å². The van der Waals surface area contributed by atoms with E-state index in [1.165, 1.54) is 5.56 Å². The van der Waals surface area contributed by atoms with Gasteiger partial charge in [0.1, 0.15) is 18.5 Å². The van der Waals surface area contributed by atoms with Crippen LogP contribution in [0.15, 0.2) is 54.6 Å². The van der Waals surface area contributed by atoms with Gasteiger partial charge in [-0.3, -0.25) is 4.90 Å². The number of aliphatic hydroxyl groups is 1. The van der Waals surface area contributed by atoms with E-state index in [1.807, 2.05) is 30.3 Å². The van der Waals surface area contributed by atoms with Crippen LogP contribution in [-0.2, 0) is 11.3 Å². The molecule has 0 unspecified atom stereocenters. The van der Waals surface area contributed by atoms with Crippen LogP contribution in [0.2, 0.25) is 5.02 Å². The molecule has 2 atom stereocenters. The summed E-state index contributed by atoms with van der Waals surface area (Å²) in [6, 6.07) is 17.5. The molecular formula is C21H26ClNO3. The average Bonchev–Trinajstić information content (AvgIpc) is 3.15. The number of hydrogen-bond acceptors (Lipinski definition) is 4. The van der Waals surface area contributed by atoms with Crippen LogP contribution in [0.5, 0.6) is 5.75 Å². The van der Waals surface area contributed by atoms with Gasteiger partial charge in [0.2, 0.25) is 0 Å². The predicted molar refractivity (Wildman–Crippen MR) is 104 cm³/mol. The lowest BCUT2D eigenvalue weighted by Crippen LogP contribution is -2.39. The monoisotopic (exact) mass is 375 g/mol. The topological polar surface area (TPSA) is 41.9 Å². The maximum atomic E-state index is 10.5. The van der Waals surface area contributed by atoms with Crippen molar-refractivity contribution < 1.29 is 14.6 Å². The van der Waals surface area contributed by atoms with Gasteiger partial charge in [0.05, 0.1) is 6.10 Å². The number of benzene rings is 2. The molecule has 1 aliphatic rings. The molecule has 1 fully saturated rings. The first-order valence-corrected chi connectivity index (χ1v) is 9.51. The highest BCUT2D eigenvalue weighted by molar-refractivity contribution is 6.30. The second-order valence-corrected chi connectivity index (χ2v) is 7.17. The second-order valence-electron chi connectivity index (χ2n) is 6.73. The van der Waals surface area contributed by atoms with Crippen LogP contribution in [0.4, 0.5) is 0 Å². The van der Waals surface area contributed by atoms with E-state index in [-0.39, 0.29) is 12.7 Å². The van der Waals surface area contributed by atoms with Gasteiger partial charge >= 0.3 is 0 Å². The largest absolute Gasteiger partial charge is 0.491 e. The summed E-state index contributed by atoms with van der Waals surface area (Å²) >= 11 is 5.88. The van der Waals surface area contributed by atoms with E-state index in [9.17, 15) is 5.11 Å². The highest BCUT2D eigenvalue weighted by Crippen LogP contribution is 2.17. The maximum absolute atomic E-state index is 10.5. The Labute approximate surface area is 160 Å². The van der Waals surface area contributed by atoms with Crippen LogP contribution in [0.25, 0.3) is 0 Å². The second kappa shape index (κ2) is 9.93. The van der Waals surface area contributed by atoms with Crippen molar-refractivity contribution in [1.29, 1.82) is 0 Å². The number of halogens is 1. The van der Waals surface area contributed by atoms with Crippen molar-refractivity contribution in [3.63, 3.8) is 0 Å². The Bertz CT molecular complexity index is 644. The summed E-state index contributed by atoms with van der Waals surface area (Å²) in [5, 5.41) is 11.1. The lowest BCUT2D eigenvalue weighted by Gasteiger charge is -2.27. The minimum atomic E-state index is -0.573. The maximum Gasteiger partial charge on any atom is 0.119 e. The van der Waals surface area contributed by atoms with Crippen LogP contribution in [0, 0.1) is 0 Å². The fourth-order valence-corrected chi connectivity index (χ4v) is 3.32. The summed E-state index contributed by atoms with van der Waals surface area (Å²) in [6.07, 6.45) is 1.88. The third kappa shape index (κ3) is 6.29. The van der Waals surface area contributed by atoms with Gasteiger partial charge in [-0.15, -0.1) is 0 Å². The van der Waals surface area contributed by atoms with Crippen LogP contribution >= 0.6 is 11.6 Å². The minimum Gasteiger partial charge on any atom is -0.491 e. The summed E-state index contributed by atoms with van der Waals surface area (Å²) < 4.78 is 11.5. The van der Waals surface area contributed by atoms with Crippen molar-refractivity contribution in [2.24, 2.45) is 0 Å². The molecule has 0 bridgehead atoms. The molecule has 140 valence electrons. The molecule has 1 N–H and O–H groups in total. The van der Waals surface area contributed by atoms with Gasteiger partial charge in [0, 0.05) is 31.3 Å². The average molecular weight is 376 g/mol. The van der Waals surface area contributed by atoms with Crippen LogP contribution in [-0.4, -0.2) is 48.5 Å². The molecule has 2 aromatic rings. The molecule has 2 aromatic carbocycles. The van der Waals surface area contributed by atoms with Crippen LogP contribution in [0.3, 0.4) is 0 Å². The van der Waals surface area contributed by atoms with E-state index < -0.39 is 6.10 Å². The zero-order valence-corrected chi connectivity index (χ0v) is 15.6. The summed E-state index contributed by atoms with van der Waals surface area (Å²) in [5.41, 5.74) is 1.23. The predicted octanol–water partition coefficient (Wildman–Crippen LogP) is 3.76. The third-order valence-electron chi connectivity index (χ3n) is 4.46. The summed E-state index contributed by atoms with van der Waals surface area (Å²) in [6.45, 7) is 3.25. The van der Waals surface area contributed by atoms with Crippen molar-refractivity contribution in [1.82, 2.24) is 4.90 Å². The summed E-state index contributed by atoms with van der Waals surface area (Å²) in [7, 11) is 0. The standard InChI is InChI=1S/C21H26ClNO3/c22-18-8-10-20(11-9-18)26-16-19(24)14-23(15-21-7-4-12-25-21)13-17-5-2-1-3-6-17/h1-3,5-6,8-11,19,21,24H,4,7,12-16H2/t19-,21+/m0/s1. The number of nitrogens with zero attached hydrogens (tertiary/aromatic N) is 1. The van der Waals surface area contributed by atoms with Gasteiger partial charge in [0.15, 0.2) is 0 Å². The molecule has 3 rings (SSSR count). The van der Waals surface area contributed by atoms with E-state index in [0.717, 1.165) is 32.5 Å². The molecule has 0 aliphatic carbocycles. The lowest BCUT2D eigenvalue weighted by molar-refractivity contribution is 0.0313. The molecule has 1 saturated heterocycles.